The normalized spacial score (nSPS) is 11.9. The second kappa shape index (κ2) is 11.7. The minimum Gasteiger partial charge on any atom is -0.497 e. The first-order valence-corrected chi connectivity index (χ1v) is 13.9. The van der Waals surface area contributed by atoms with Crippen LogP contribution in [0.25, 0.3) is 55.6 Å². The lowest BCUT2D eigenvalue weighted by Crippen LogP contribution is -1.97. The van der Waals surface area contributed by atoms with E-state index in [1.54, 1.807) is 28.4 Å². The fourth-order valence-corrected chi connectivity index (χ4v) is 5.83. The summed E-state index contributed by atoms with van der Waals surface area (Å²) in [5.41, 5.74) is 4.47. The molecule has 44 heavy (non-hydrogen) atoms. The first kappa shape index (κ1) is 28.2. The molecule has 6 nitrogen and oxygen atoms in total. The predicted molar refractivity (Wildman–Crippen MR) is 176 cm³/mol. The van der Waals surface area contributed by atoms with Gasteiger partial charge in [-0.2, -0.15) is 10.5 Å². The van der Waals surface area contributed by atoms with Crippen LogP contribution in [0.1, 0.15) is 22.3 Å². The number of allylic oxidation sites excluding steroid dienone is 2. The molecular formula is C38H28N2O4. The molecule has 0 aliphatic heterocycles. The van der Waals surface area contributed by atoms with Crippen LogP contribution >= 0.6 is 0 Å². The maximum absolute atomic E-state index is 10.1. The van der Waals surface area contributed by atoms with E-state index in [0.717, 1.165) is 66.1 Å². The number of hydrogen-bond donors (Lipinski definition) is 0. The van der Waals surface area contributed by atoms with Crippen molar-refractivity contribution >= 4 is 55.6 Å². The fourth-order valence-electron chi connectivity index (χ4n) is 5.83. The van der Waals surface area contributed by atoms with Gasteiger partial charge in [-0.3, -0.25) is 0 Å². The Balaban J connectivity index is 1.62. The van der Waals surface area contributed by atoms with Crippen molar-refractivity contribution in [2.24, 2.45) is 0 Å². The van der Waals surface area contributed by atoms with Crippen molar-refractivity contribution in [2.45, 2.75) is 0 Å². The van der Waals surface area contributed by atoms with Crippen LogP contribution in [0.4, 0.5) is 0 Å². The number of ether oxygens (including phenoxy) is 4. The molecule has 6 rings (SSSR count). The highest BCUT2D eigenvalue weighted by Gasteiger charge is 2.21. The molecule has 0 atom stereocenters. The largest absolute Gasteiger partial charge is 0.497 e. The lowest BCUT2D eigenvalue weighted by molar-refractivity contribution is 0.362. The number of hydrogen-bond acceptors (Lipinski definition) is 6. The van der Waals surface area contributed by atoms with Crippen LogP contribution in [-0.4, -0.2) is 28.4 Å². The minimum atomic E-state index is 0.536. The number of methoxy groups -OCH3 is 4. The van der Waals surface area contributed by atoms with Gasteiger partial charge in [0, 0.05) is 21.5 Å². The first-order valence-electron chi connectivity index (χ1n) is 13.9. The third kappa shape index (κ3) is 4.69. The standard InChI is InChI=1S/C38H28N2O4/c1-41-29-11-5-23(6-12-29)27(21-39)19-25-9-15-33-35-31(25)17-18-32-26(10-16-34(36(32)35)38(44-4)37(33)43-3)20-28(22-40)24-7-13-30(42-2)14-8-24/h5-20H,1-4H3/b27-19-,28-20+. The van der Waals surface area contributed by atoms with Gasteiger partial charge in [-0.05, 0) is 106 Å². The first-order chi connectivity index (χ1) is 21.5. The van der Waals surface area contributed by atoms with Crippen molar-refractivity contribution in [1.82, 2.24) is 0 Å². The Labute approximate surface area is 255 Å². The van der Waals surface area contributed by atoms with E-state index in [1.165, 1.54) is 0 Å². The monoisotopic (exact) mass is 576 g/mol. The summed E-state index contributed by atoms with van der Waals surface area (Å²) in [6.07, 6.45) is 3.82. The van der Waals surface area contributed by atoms with Crippen LogP contribution in [0, 0.1) is 22.7 Å². The summed E-state index contributed by atoms with van der Waals surface area (Å²) < 4.78 is 22.4. The fraction of sp³-hybridized carbons (Fsp3) is 0.105. The van der Waals surface area contributed by atoms with Gasteiger partial charge in [0.25, 0.3) is 0 Å². The molecule has 0 heterocycles. The summed E-state index contributed by atoms with van der Waals surface area (Å²) in [6, 6.07) is 31.8. The zero-order chi connectivity index (χ0) is 30.8. The van der Waals surface area contributed by atoms with E-state index in [4.69, 9.17) is 18.9 Å². The van der Waals surface area contributed by atoms with Gasteiger partial charge < -0.3 is 18.9 Å². The summed E-state index contributed by atoms with van der Waals surface area (Å²) >= 11 is 0. The molecule has 0 saturated heterocycles. The van der Waals surface area contributed by atoms with Crippen molar-refractivity contribution < 1.29 is 18.9 Å². The average Bonchev–Trinajstić information content (AvgIpc) is 3.08. The molecule has 0 amide bonds. The SMILES string of the molecule is COc1ccc(/C(C#N)=C/c2ccc3c(OC)c(OC)c4ccc(/C=C(/C#N)c5ccc(OC)cc5)c5ccc2c3c54)cc1. The number of nitriles is 2. The highest BCUT2D eigenvalue weighted by atomic mass is 16.5. The zero-order valence-electron chi connectivity index (χ0n) is 24.8. The Bertz CT molecular complexity index is 2010. The Morgan fingerprint density at radius 2 is 0.841 bits per heavy atom. The maximum atomic E-state index is 10.1. The molecule has 0 unspecified atom stereocenters. The molecule has 0 aliphatic rings. The van der Waals surface area contributed by atoms with E-state index in [0.29, 0.717) is 22.6 Å². The summed E-state index contributed by atoms with van der Waals surface area (Å²) in [5, 5.41) is 25.9. The topological polar surface area (TPSA) is 84.5 Å². The Morgan fingerprint density at radius 1 is 0.477 bits per heavy atom. The minimum absolute atomic E-state index is 0.536. The summed E-state index contributed by atoms with van der Waals surface area (Å²) in [5.74, 6) is 2.74. The molecule has 0 fully saturated rings. The highest BCUT2D eigenvalue weighted by molar-refractivity contribution is 6.29. The van der Waals surface area contributed by atoms with E-state index < -0.39 is 0 Å². The number of benzene rings is 6. The van der Waals surface area contributed by atoms with Crippen molar-refractivity contribution in [1.29, 1.82) is 10.5 Å². The molecule has 6 aromatic rings. The molecule has 214 valence electrons. The van der Waals surface area contributed by atoms with Crippen molar-refractivity contribution in [2.75, 3.05) is 28.4 Å². The van der Waals surface area contributed by atoms with E-state index >= 15 is 0 Å². The molecule has 0 aromatic heterocycles. The van der Waals surface area contributed by atoms with E-state index in [-0.39, 0.29) is 0 Å². The smallest absolute Gasteiger partial charge is 0.169 e. The Hall–Kier alpha value is -5.98. The van der Waals surface area contributed by atoms with Crippen LogP contribution in [0.2, 0.25) is 0 Å². The van der Waals surface area contributed by atoms with E-state index in [9.17, 15) is 10.5 Å². The van der Waals surface area contributed by atoms with Crippen LogP contribution in [0.15, 0.2) is 84.9 Å². The molecule has 0 spiro atoms. The summed E-state index contributed by atoms with van der Waals surface area (Å²) in [6.45, 7) is 0. The Kier molecular flexibility index (Phi) is 7.50. The number of rotatable bonds is 8. The van der Waals surface area contributed by atoms with E-state index in [1.807, 2.05) is 84.9 Å². The third-order valence-corrected chi connectivity index (χ3v) is 7.97. The summed E-state index contributed by atoms with van der Waals surface area (Å²) in [4.78, 5) is 0. The molecule has 6 heteroatoms. The molecule has 0 aliphatic carbocycles. The van der Waals surface area contributed by atoms with Gasteiger partial charge in [0.15, 0.2) is 11.5 Å². The van der Waals surface area contributed by atoms with Crippen molar-refractivity contribution in [3.63, 3.8) is 0 Å². The molecule has 6 aromatic carbocycles. The van der Waals surface area contributed by atoms with Crippen LogP contribution < -0.4 is 18.9 Å². The average molecular weight is 577 g/mol. The lowest BCUT2D eigenvalue weighted by atomic mass is 9.87. The zero-order valence-corrected chi connectivity index (χ0v) is 24.8. The van der Waals surface area contributed by atoms with Crippen LogP contribution in [-0.2, 0) is 0 Å². The van der Waals surface area contributed by atoms with Gasteiger partial charge in [-0.25, -0.2) is 0 Å². The van der Waals surface area contributed by atoms with Crippen molar-refractivity contribution in [3.05, 3.63) is 107 Å². The molecule has 0 N–H and O–H groups in total. The molecule has 0 bridgehead atoms. The second-order valence-corrected chi connectivity index (χ2v) is 10.2. The summed E-state index contributed by atoms with van der Waals surface area (Å²) in [7, 11) is 6.51. The van der Waals surface area contributed by atoms with Gasteiger partial charge in [0.05, 0.1) is 51.7 Å². The quantitative estimate of drug-likeness (QED) is 0.102. The molecule has 0 radical (unpaired) electrons. The second-order valence-electron chi connectivity index (χ2n) is 10.2. The van der Waals surface area contributed by atoms with Gasteiger partial charge in [-0.15, -0.1) is 0 Å². The van der Waals surface area contributed by atoms with E-state index in [2.05, 4.69) is 24.3 Å². The Morgan fingerprint density at radius 3 is 1.16 bits per heavy atom. The highest BCUT2D eigenvalue weighted by Crippen LogP contribution is 2.49. The number of nitrogens with zero attached hydrogens (tertiary/aromatic N) is 2. The predicted octanol–water partition coefficient (Wildman–Crippen LogP) is 8.75. The van der Waals surface area contributed by atoms with Gasteiger partial charge in [0.2, 0.25) is 0 Å². The molecule has 0 saturated carbocycles. The van der Waals surface area contributed by atoms with Gasteiger partial charge >= 0.3 is 0 Å². The molecular weight excluding hydrogens is 548 g/mol. The maximum Gasteiger partial charge on any atom is 0.169 e. The lowest BCUT2D eigenvalue weighted by Gasteiger charge is -2.20. The van der Waals surface area contributed by atoms with Gasteiger partial charge in [0.1, 0.15) is 11.5 Å². The van der Waals surface area contributed by atoms with Crippen LogP contribution in [0.5, 0.6) is 23.0 Å². The van der Waals surface area contributed by atoms with Gasteiger partial charge in [-0.1, -0.05) is 24.3 Å². The van der Waals surface area contributed by atoms with Crippen LogP contribution in [0.3, 0.4) is 0 Å². The third-order valence-electron chi connectivity index (χ3n) is 7.97. The van der Waals surface area contributed by atoms with Crippen molar-refractivity contribution in [3.8, 4) is 35.1 Å².